The van der Waals surface area contributed by atoms with Gasteiger partial charge in [-0.15, -0.1) is 0 Å². The van der Waals surface area contributed by atoms with Crippen molar-refractivity contribution in [1.82, 2.24) is 10.2 Å². The van der Waals surface area contributed by atoms with E-state index in [4.69, 9.17) is 10.5 Å². The first-order valence-electron chi connectivity index (χ1n) is 11.9. The maximum Gasteiger partial charge on any atom is 0.408 e. The molecule has 9 nitrogen and oxygen atoms in total. The Bertz CT molecular complexity index is 690. The number of carbonyl (C=O) groups is 4. The second kappa shape index (κ2) is 11.6. The highest BCUT2D eigenvalue weighted by molar-refractivity contribution is 5.91. The van der Waals surface area contributed by atoms with E-state index in [9.17, 15) is 19.2 Å². The van der Waals surface area contributed by atoms with Crippen molar-refractivity contribution < 1.29 is 29.6 Å². The number of nitrogens with zero attached hydrogens (tertiary/aromatic N) is 1. The van der Waals surface area contributed by atoms with Crippen molar-refractivity contribution in [2.45, 2.75) is 103 Å². The van der Waals surface area contributed by atoms with E-state index in [-0.39, 0.29) is 17.7 Å². The van der Waals surface area contributed by atoms with Crippen LogP contribution in [-0.4, -0.2) is 52.9 Å². The van der Waals surface area contributed by atoms with Gasteiger partial charge in [0.25, 0.3) is 0 Å². The van der Waals surface area contributed by atoms with E-state index in [0.29, 0.717) is 25.3 Å². The fourth-order valence-electron chi connectivity index (χ4n) is 4.48. The lowest BCUT2D eigenvalue weighted by molar-refractivity contribution is -0.308. The molecular formula is C23H41N4O5+. The van der Waals surface area contributed by atoms with Crippen molar-refractivity contribution in [1.29, 1.82) is 0 Å². The minimum Gasteiger partial charge on any atom is -0.444 e. The molecule has 0 aromatic heterocycles. The van der Waals surface area contributed by atoms with Gasteiger partial charge in [0.1, 0.15) is 17.7 Å². The summed E-state index contributed by atoms with van der Waals surface area (Å²) >= 11 is 0. The maximum atomic E-state index is 13.1. The normalized spacial score (nSPS) is 23.5. The largest absolute Gasteiger partial charge is 0.444 e. The first-order valence-corrected chi connectivity index (χ1v) is 11.9. The average molecular weight is 454 g/mol. The quantitative estimate of drug-likeness (QED) is 0.383. The molecule has 0 bridgehead atoms. The van der Waals surface area contributed by atoms with Crippen molar-refractivity contribution in [3.05, 3.63) is 0 Å². The lowest BCUT2D eigenvalue weighted by atomic mass is 10.0. The van der Waals surface area contributed by atoms with Crippen LogP contribution in [0.1, 0.15) is 85.0 Å². The molecule has 1 saturated carbocycles. The third-order valence-electron chi connectivity index (χ3n) is 6.26. The van der Waals surface area contributed by atoms with Crippen LogP contribution in [0.4, 0.5) is 4.79 Å². The Morgan fingerprint density at radius 2 is 1.78 bits per heavy atom. The summed E-state index contributed by atoms with van der Waals surface area (Å²) in [6.07, 6.45) is 8.15. The van der Waals surface area contributed by atoms with Crippen LogP contribution in [0.3, 0.4) is 0 Å². The van der Waals surface area contributed by atoms with Gasteiger partial charge in [-0.1, -0.05) is 32.1 Å². The number of amides is 4. The lowest BCUT2D eigenvalue weighted by Crippen LogP contribution is -2.58. The Morgan fingerprint density at radius 1 is 1.12 bits per heavy atom. The van der Waals surface area contributed by atoms with Crippen LogP contribution in [-0.2, 0) is 19.1 Å². The molecule has 0 radical (unpaired) electrons. The van der Waals surface area contributed by atoms with Crippen molar-refractivity contribution in [3.8, 4) is 0 Å². The third-order valence-corrected chi connectivity index (χ3v) is 6.26. The summed E-state index contributed by atoms with van der Waals surface area (Å²) in [5.41, 5.74) is 8.29. The fraction of sp³-hybridized carbons (Fsp3) is 0.826. The van der Waals surface area contributed by atoms with E-state index >= 15 is 0 Å². The molecular weight excluding hydrogens is 412 g/mol. The van der Waals surface area contributed by atoms with Crippen molar-refractivity contribution >= 4 is 23.8 Å². The highest BCUT2D eigenvalue weighted by atomic mass is 16.6. The van der Waals surface area contributed by atoms with Gasteiger partial charge in [-0.3, -0.25) is 15.3 Å². The maximum absolute atomic E-state index is 13.1. The van der Waals surface area contributed by atoms with Crippen molar-refractivity contribution in [2.75, 3.05) is 6.54 Å². The summed E-state index contributed by atoms with van der Waals surface area (Å²) in [6.45, 7) is 5.77. The Balaban J connectivity index is 1.79. The van der Waals surface area contributed by atoms with Gasteiger partial charge < -0.3 is 20.7 Å². The summed E-state index contributed by atoms with van der Waals surface area (Å²) in [5.74, 6) is 0.00841. The van der Waals surface area contributed by atoms with Gasteiger partial charge in [0.2, 0.25) is 11.8 Å². The number of primary amides is 1. The number of hydrogen-bond donors (Lipinski definition) is 3. The molecule has 1 aliphatic carbocycles. The van der Waals surface area contributed by atoms with E-state index in [1.165, 1.54) is 4.90 Å². The number of carbonyl (C=O) groups excluding carboxylic acids is 4. The second-order valence-electron chi connectivity index (χ2n) is 10.2. The highest BCUT2D eigenvalue weighted by Crippen LogP contribution is 2.41. The first-order chi connectivity index (χ1) is 15.0. The summed E-state index contributed by atoms with van der Waals surface area (Å²) in [6, 6.07) is -1.35. The number of nitrogens with one attached hydrogen (secondary N) is 1. The van der Waals surface area contributed by atoms with Crippen LogP contribution < -0.4 is 16.8 Å². The average Bonchev–Trinajstić information content (AvgIpc) is 3.28. The van der Waals surface area contributed by atoms with E-state index in [1.807, 2.05) is 0 Å². The minimum absolute atomic E-state index is 0.0692. The minimum atomic E-state index is -0.736. The molecule has 2 rings (SSSR count). The molecule has 1 saturated heterocycles. The van der Waals surface area contributed by atoms with Gasteiger partial charge in [0.15, 0.2) is 0 Å². The summed E-state index contributed by atoms with van der Waals surface area (Å²) in [4.78, 5) is 49.8. The topological polar surface area (TPSA) is 146 Å². The van der Waals surface area contributed by atoms with E-state index < -0.39 is 29.7 Å². The Hall–Kier alpha value is -2.16. The molecule has 9 heteroatoms. The number of nitrogens with two attached hydrogens (primary N) is 1. The number of rotatable bonds is 12. The van der Waals surface area contributed by atoms with E-state index in [2.05, 4.69) is 11.1 Å². The van der Waals surface area contributed by atoms with Gasteiger partial charge >= 0.3 is 12.0 Å². The van der Waals surface area contributed by atoms with Gasteiger partial charge in [0.05, 0.1) is 5.92 Å². The fourth-order valence-corrected chi connectivity index (χ4v) is 4.48. The van der Waals surface area contributed by atoms with Crippen molar-refractivity contribution in [3.63, 3.8) is 0 Å². The molecule has 2 fully saturated rings. The number of alkyl carbamates (subject to hydrolysis) is 1. The molecule has 6 N–H and O–H groups in total. The molecule has 2 aliphatic rings. The number of likely N-dealkylation sites (tertiary alicyclic amines) is 1. The Labute approximate surface area is 191 Å². The molecule has 32 heavy (non-hydrogen) atoms. The summed E-state index contributed by atoms with van der Waals surface area (Å²) in [5, 5.41) is 2.71. The van der Waals surface area contributed by atoms with Crippen molar-refractivity contribution in [2.24, 2.45) is 17.6 Å². The Morgan fingerprint density at radius 3 is 2.38 bits per heavy atom. The molecule has 4 atom stereocenters. The molecule has 0 spiro atoms. The van der Waals surface area contributed by atoms with Gasteiger partial charge in [0, 0.05) is 6.54 Å². The highest BCUT2D eigenvalue weighted by Gasteiger charge is 2.43. The van der Waals surface area contributed by atoms with Crippen LogP contribution in [0, 0.1) is 11.8 Å². The van der Waals surface area contributed by atoms with Gasteiger partial charge in [-0.25, -0.2) is 9.59 Å². The number of ether oxygens (including phenoxy) is 1. The third kappa shape index (κ3) is 8.41. The lowest BCUT2D eigenvalue weighted by Gasteiger charge is -2.29. The second-order valence-corrected chi connectivity index (χ2v) is 10.2. The van der Waals surface area contributed by atoms with Crippen LogP contribution in [0.5, 0.6) is 0 Å². The number of unbranched alkanes of at least 4 members (excludes halogenated alkanes) is 4. The van der Waals surface area contributed by atoms with Crippen LogP contribution in [0.2, 0.25) is 0 Å². The molecule has 0 aromatic rings. The first kappa shape index (κ1) is 26.1. The number of hydrogen-bond acceptors (Lipinski definition) is 5. The molecule has 0 unspecified atom stereocenters. The predicted octanol–water partition coefficient (Wildman–Crippen LogP) is 1.49. The van der Waals surface area contributed by atoms with E-state index in [1.54, 1.807) is 20.8 Å². The molecule has 1 heterocycles. The summed E-state index contributed by atoms with van der Waals surface area (Å²) in [7, 11) is 0. The number of quaternary nitrogens is 1. The zero-order valence-electron chi connectivity index (χ0n) is 19.9. The SMILES string of the molecule is CC(C)(C)OC(=O)N[C@@H](CCCCCCC[C@@H]1C[C@@H]1C([NH3+])=O)C(=O)N1CCC[C@H]1C(N)=O. The smallest absolute Gasteiger partial charge is 0.408 e. The van der Waals surface area contributed by atoms with Gasteiger partial charge in [-0.05, 0) is 58.8 Å². The zero-order valence-corrected chi connectivity index (χ0v) is 19.9. The molecule has 4 amide bonds. The van der Waals surface area contributed by atoms with E-state index in [0.717, 1.165) is 51.4 Å². The molecule has 1 aliphatic heterocycles. The standard InChI is InChI=1S/C23H40N4O5/c1-23(2,3)32-22(31)26-17(21(30)27-13-9-12-18(27)20(25)29)11-8-6-4-5-7-10-15-14-16(15)19(24)28/h15-18H,4-14H2,1-3H3,(H2,24,28)(H2,25,29)(H,26,31)/p+1/t15-,16+,17+,18+/m1/s1. The molecule has 182 valence electrons. The summed E-state index contributed by atoms with van der Waals surface area (Å²) < 4.78 is 5.33. The van der Waals surface area contributed by atoms with Crippen LogP contribution in [0.25, 0.3) is 0 Å². The van der Waals surface area contributed by atoms with Crippen LogP contribution in [0.15, 0.2) is 0 Å². The molecule has 0 aromatic carbocycles. The van der Waals surface area contributed by atoms with Crippen LogP contribution >= 0.6 is 0 Å². The predicted molar refractivity (Wildman–Crippen MR) is 119 cm³/mol. The monoisotopic (exact) mass is 453 g/mol. The zero-order chi connectivity index (χ0) is 23.9. The van der Waals surface area contributed by atoms with Gasteiger partial charge in [-0.2, -0.15) is 0 Å². The Kier molecular flexibility index (Phi) is 9.48.